The van der Waals surface area contributed by atoms with Crippen LogP contribution < -0.4 is 14.8 Å². The van der Waals surface area contributed by atoms with E-state index in [1.165, 1.54) is 0 Å². The number of nitrogens with one attached hydrogen (secondary N) is 1. The van der Waals surface area contributed by atoms with E-state index < -0.39 is 0 Å². The quantitative estimate of drug-likeness (QED) is 0.0604. The highest BCUT2D eigenvalue weighted by Crippen LogP contribution is 2.39. The summed E-state index contributed by atoms with van der Waals surface area (Å²) in [6.45, 7) is 4.43. The van der Waals surface area contributed by atoms with Crippen LogP contribution in [-0.2, 0) is 36.7 Å². The Bertz CT molecular complexity index is 2040. The van der Waals surface area contributed by atoms with Crippen LogP contribution in [0, 0.1) is 0 Å². The van der Waals surface area contributed by atoms with Gasteiger partial charge in [-0.1, -0.05) is 88.7 Å². The second kappa shape index (κ2) is 17.6. The minimum atomic E-state index is -0.307. The Labute approximate surface area is 308 Å². The highest BCUT2D eigenvalue weighted by atomic mass is 79.9. The van der Waals surface area contributed by atoms with E-state index in [0.717, 1.165) is 80.6 Å². The van der Waals surface area contributed by atoms with Crippen molar-refractivity contribution >= 4 is 56.0 Å². The SMILES string of the molecule is CCOC(=O)c1c(CCCOc2cccc3ccccc23)c2cccc(-c3c(COc4ccccc4)nn(C)c3CBr)c2n1CCCNC.Cl. The second-order valence-corrected chi connectivity index (χ2v) is 12.5. The fourth-order valence-corrected chi connectivity index (χ4v) is 7.25. The molecule has 0 aliphatic carbocycles. The molecule has 0 aliphatic rings. The van der Waals surface area contributed by atoms with E-state index in [4.69, 9.17) is 19.3 Å². The molecular weight excluding hydrogens is 716 g/mol. The summed E-state index contributed by atoms with van der Waals surface area (Å²) in [4.78, 5) is 13.9. The summed E-state index contributed by atoms with van der Waals surface area (Å²) < 4.78 is 22.4. The van der Waals surface area contributed by atoms with E-state index in [1.807, 2.05) is 80.3 Å². The van der Waals surface area contributed by atoms with Crippen molar-refractivity contribution in [3.8, 4) is 22.6 Å². The molecule has 0 saturated carbocycles. The largest absolute Gasteiger partial charge is 0.493 e. The van der Waals surface area contributed by atoms with Crippen LogP contribution in [0.15, 0.2) is 91.0 Å². The van der Waals surface area contributed by atoms with E-state index in [-0.39, 0.29) is 18.4 Å². The molecule has 1 N–H and O–H groups in total. The van der Waals surface area contributed by atoms with Crippen LogP contribution in [-0.4, -0.2) is 47.1 Å². The van der Waals surface area contributed by atoms with Crippen LogP contribution in [0.4, 0.5) is 0 Å². The number of hydrogen-bond acceptors (Lipinski definition) is 6. The number of hydrogen-bond donors (Lipinski definition) is 1. The van der Waals surface area contributed by atoms with Gasteiger partial charge in [0.1, 0.15) is 29.5 Å². The number of fused-ring (bicyclic) bond motifs is 2. The predicted molar refractivity (Wildman–Crippen MR) is 207 cm³/mol. The lowest BCUT2D eigenvalue weighted by molar-refractivity contribution is 0.0512. The van der Waals surface area contributed by atoms with E-state index in [2.05, 4.69) is 62.2 Å². The molecule has 0 bridgehead atoms. The first-order valence-corrected chi connectivity index (χ1v) is 18.0. The third-order valence-electron chi connectivity index (χ3n) is 8.80. The summed E-state index contributed by atoms with van der Waals surface area (Å²) in [5, 5.41) is 12.1. The first-order chi connectivity index (χ1) is 24.0. The molecule has 0 fully saturated rings. The number of halogens is 2. The summed E-state index contributed by atoms with van der Waals surface area (Å²) in [5.74, 6) is 1.34. The number of aryl methyl sites for hydroxylation is 3. The summed E-state index contributed by atoms with van der Waals surface area (Å²) in [6, 6.07) is 30.5. The fourth-order valence-electron chi connectivity index (χ4n) is 6.61. The fraction of sp³-hybridized carbons (Fsp3) is 0.300. The van der Waals surface area contributed by atoms with Crippen molar-refractivity contribution in [1.29, 1.82) is 0 Å². The summed E-state index contributed by atoms with van der Waals surface area (Å²) in [5.41, 5.74) is 6.48. The van der Waals surface area contributed by atoms with Crippen LogP contribution in [0.2, 0.25) is 0 Å². The molecule has 0 spiro atoms. The van der Waals surface area contributed by atoms with Gasteiger partial charge in [0.15, 0.2) is 0 Å². The Kier molecular flexibility index (Phi) is 13.0. The van der Waals surface area contributed by atoms with E-state index in [1.54, 1.807) is 0 Å². The number of aromatic nitrogens is 3. The van der Waals surface area contributed by atoms with Crippen LogP contribution in [0.1, 0.15) is 47.2 Å². The average molecular weight is 760 g/mol. The maximum atomic E-state index is 13.9. The van der Waals surface area contributed by atoms with Crippen LogP contribution in [0.5, 0.6) is 11.5 Å². The monoisotopic (exact) mass is 758 g/mol. The number of nitrogens with zero attached hydrogens (tertiary/aromatic N) is 3. The molecule has 0 radical (unpaired) electrons. The molecule has 0 saturated heterocycles. The smallest absolute Gasteiger partial charge is 0.355 e. The number of carbonyl (C=O) groups is 1. The Morgan fingerprint density at radius 2 is 1.64 bits per heavy atom. The number of carbonyl (C=O) groups excluding carboxylic acids is 1. The van der Waals surface area contributed by atoms with Gasteiger partial charge in [-0.2, -0.15) is 5.10 Å². The van der Waals surface area contributed by atoms with Crippen LogP contribution in [0.25, 0.3) is 32.8 Å². The molecule has 10 heteroatoms. The van der Waals surface area contributed by atoms with Crippen molar-refractivity contribution in [3.05, 3.63) is 114 Å². The molecule has 0 amide bonds. The Hall–Kier alpha value is -4.31. The molecular formula is C40H44BrClN4O4. The van der Waals surface area contributed by atoms with Crippen LogP contribution in [0.3, 0.4) is 0 Å². The van der Waals surface area contributed by atoms with Gasteiger partial charge in [0.25, 0.3) is 0 Å². The highest BCUT2D eigenvalue weighted by molar-refractivity contribution is 9.08. The van der Waals surface area contributed by atoms with Gasteiger partial charge in [-0.05, 0) is 68.9 Å². The van der Waals surface area contributed by atoms with Crippen molar-refractivity contribution in [2.45, 2.75) is 44.7 Å². The van der Waals surface area contributed by atoms with Crippen molar-refractivity contribution in [2.24, 2.45) is 7.05 Å². The summed E-state index contributed by atoms with van der Waals surface area (Å²) >= 11 is 3.73. The van der Waals surface area contributed by atoms with Crippen molar-refractivity contribution < 1.29 is 19.0 Å². The molecule has 2 aromatic heterocycles. The van der Waals surface area contributed by atoms with Gasteiger partial charge in [0.2, 0.25) is 0 Å². The molecule has 6 aromatic rings. The predicted octanol–water partition coefficient (Wildman–Crippen LogP) is 8.89. The van der Waals surface area contributed by atoms with E-state index >= 15 is 0 Å². The summed E-state index contributed by atoms with van der Waals surface area (Å²) in [7, 11) is 3.91. The molecule has 262 valence electrons. The first-order valence-electron chi connectivity index (χ1n) is 16.9. The molecule has 4 aromatic carbocycles. The maximum absolute atomic E-state index is 13.9. The van der Waals surface area contributed by atoms with Crippen molar-refractivity contribution in [3.63, 3.8) is 0 Å². The highest BCUT2D eigenvalue weighted by Gasteiger charge is 2.28. The average Bonchev–Trinajstić information content (AvgIpc) is 3.63. The molecule has 0 unspecified atom stereocenters. The first kappa shape index (κ1) is 37.0. The molecule has 2 heterocycles. The topological polar surface area (TPSA) is 79.5 Å². The number of para-hydroxylation sites is 2. The van der Waals surface area contributed by atoms with Gasteiger partial charge in [-0.3, -0.25) is 4.68 Å². The normalized spacial score (nSPS) is 11.1. The van der Waals surface area contributed by atoms with Crippen molar-refractivity contribution in [2.75, 3.05) is 26.8 Å². The lowest BCUT2D eigenvalue weighted by atomic mass is 9.98. The lowest BCUT2D eigenvalue weighted by Crippen LogP contribution is -2.17. The molecule has 0 atom stereocenters. The number of alkyl halides is 1. The number of benzene rings is 4. The molecule has 8 nitrogen and oxygen atoms in total. The van der Waals surface area contributed by atoms with Gasteiger partial charge in [0, 0.05) is 40.8 Å². The minimum absolute atomic E-state index is 0. The third-order valence-corrected chi connectivity index (χ3v) is 9.33. The van der Waals surface area contributed by atoms with Crippen LogP contribution >= 0.6 is 28.3 Å². The lowest BCUT2D eigenvalue weighted by Gasteiger charge is -2.14. The zero-order chi connectivity index (χ0) is 34.2. The van der Waals surface area contributed by atoms with Gasteiger partial charge in [-0.25, -0.2) is 4.79 Å². The Morgan fingerprint density at radius 1 is 0.900 bits per heavy atom. The Morgan fingerprint density at radius 3 is 2.42 bits per heavy atom. The molecule has 50 heavy (non-hydrogen) atoms. The van der Waals surface area contributed by atoms with Gasteiger partial charge < -0.3 is 24.1 Å². The number of ether oxygens (including phenoxy) is 3. The number of rotatable bonds is 16. The van der Waals surface area contributed by atoms with Gasteiger partial charge >= 0.3 is 5.97 Å². The third kappa shape index (κ3) is 7.85. The van der Waals surface area contributed by atoms with Crippen molar-refractivity contribution in [1.82, 2.24) is 19.7 Å². The minimum Gasteiger partial charge on any atom is -0.493 e. The van der Waals surface area contributed by atoms with Gasteiger partial charge in [-0.15, -0.1) is 12.4 Å². The zero-order valence-electron chi connectivity index (χ0n) is 28.8. The maximum Gasteiger partial charge on any atom is 0.355 e. The molecule has 0 aliphatic heterocycles. The second-order valence-electron chi connectivity index (χ2n) is 11.9. The van der Waals surface area contributed by atoms with E-state index in [0.29, 0.717) is 43.8 Å². The number of esters is 1. The molecule has 6 rings (SSSR count). The Balaban J connectivity index is 0.00000486. The standard InChI is InChI=1S/C40H43BrN4O4.ClH/c1-4-47-40(46)39-32(21-12-25-48-36-22-10-15-28-14-8-9-18-30(28)36)31-19-11-20-33(38(31)45(39)24-13-23-42-2)37-34(43-44(3)35(37)26-41)27-49-29-16-6-5-7-17-29;/h5-11,14-20,22,42H,4,12-13,21,23-27H2,1-3H3;1H. The van der Waals surface area contributed by atoms with Gasteiger partial charge in [0.05, 0.1) is 24.4 Å². The van der Waals surface area contributed by atoms with E-state index in [9.17, 15) is 4.79 Å². The summed E-state index contributed by atoms with van der Waals surface area (Å²) in [6.07, 6.45) is 2.22. The zero-order valence-corrected chi connectivity index (χ0v) is 31.2.